The summed E-state index contributed by atoms with van der Waals surface area (Å²) < 4.78 is 16.9. The van der Waals surface area contributed by atoms with Crippen LogP contribution in [0.2, 0.25) is 0 Å². The van der Waals surface area contributed by atoms with Crippen LogP contribution in [0.4, 0.5) is 0 Å². The first-order chi connectivity index (χ1) is 40.0. The number of ether oxygens (including phenoxy) is 3. The Bertz CT molecular complexity index is 1860. The zero-order valence-electron chi connectivity index (χ0n) is 52.0. The number of allylic oxidation sites excluding steroid dienone is 28. The molecular weight excluding hydrogens is 997 g/mol. The molecule has 81 heavy (non-hydrogen) atoms. The zero-order chi connectivity index (χ0) is 58.5. The first kappa shape index (κ1) is 75.8. The molecule has 0 saturated carbocycles. The van der Waals surface area contributed by atoms with Gasteiger partial charge in [-0.05, 0) is 154 Å². The molecule has 0 fully saturated rings. The Labute approximate surface area is 498 Å². The fraction of sp³-hybridized carbons (Fsp3) is 0.587. The van der Waals surface area contributed by atoms with Gasteiger partial charge in [-0.3, -0.25) is 14.4 Å². The summed E-state index contributed by atoms with van der Waals surface area (Å²) in [6.45, 7) is 6.34. The van der Waals surface area contributed by atoms with E-state index in [1.807, 2.05) is 0 Å². The first-order valence-corrected chi connectivity index (χ1v) is 32.6. The van der Waals surface area contributed by atoms with Gasteiger partial charge in [0.25, 0.3) is 0 Å². The summed E-state index contributed by atoms with van der Waals surface area (Å²) in [7, 11) is 0. The topological polar surface area (TPSA) is 78.9 Å². The molecule has 0 N–H and O–H groups in total. The minimum atomic E-state index is -0.814. The lowest BCUT2D eigenvalue weighted by atomic mass is 10.1. The van der Waals surface area contributed by atoms with Crippen LogP contribution in [0.25, 0.3) is 0 Å². The van der Waals surface area contributed by atoms with Crippen LogP contribution in [-0.4, -0.2) is 37.2 Å². The average molecular weight is 1120 g/mol. The minimum absolute atomic E-state index is 0.107. The average Bonchev–Trinajstić information content (AvgIpc) is 3.47. The van der Waals surface area contributed by atoms with E-state index in [1.165, 1.54) is 25.7 Å². The predicted octanol–water partition coefficient (Wildman–Crippen LogP) is 22.7. The van der Waals surface area contributed by atoms with Gasteiger partial charge in [0.05, 0.1) is 0 Å². The second kappa shape index (κ2) is 67.3. The largest absolute Gasteiger partial charge is 0.462 e. The van der Waals surface area contributed by atoms with Crippen LogP contribution in [0, 0.1) is 0 Å². The van der Waals surface area contributed by atoms with Crippen LogP contribution in [0.15, 0.2) is 170 Å². The number of hydrogen-bond acceptors (Lipinski definition) is 6. The zero-order valence-corrected chi connectivity index (χ0v) is 52.0. The number of carbonyl (C=O) groups is 3. The minimum Gasteiger partial charge on any atom is -0.462 e. The lowest BCUT2D eigenvalue weighted by Gasteiger charge is -2.18. The molecule has 0 spiro atoms. The van der Waals surface area contributed by atoms with Crippen LogP contribution in [0.3, 0.4) is 0 Å². The molecule has 0 aliphatic rings. The molecule has 0 aromatic heterocycles. The maximum absolute atomic E-state index is 12.9. The van der Waals surface area contributed by atoms with Gasteiger partial charge in [-0.25, -0.2) is 0 Å². The van der Waals surface area contributed by atoms with E-state index in [2.05, 4.69) is 191 Å². The van der Waals surface area contributed by atoms with Gasteiger partial charge in [0.1, 0.15) is 13.2 Å². The van der Waals surface area contributed by atoms with Crippen molar-refractivity contribution in [3.05, 3.63) is 170 Å². The monoisotopic (exact) mass is 1110 g/mol. The molecule has 454 valence electrons. The molecule has 0 aliphatic carbocycles. The van der Waals surface area contributed by atoms with Gasteiger partial charge >= 0.3 is 17.9 Å². The molecule has 0 rings (SSSR count). The Morgan fingerprint density at radius 3 is 0.753 bits per heavy atom. The molecule has 0 radical (unpaired) electrons. The molecule has 0 saturated heterocycles. The molecular formula is C75H118O6. The summed E-state index contributed by atoms with van der Waals surface area (Å²) in [5.74, 6) is -0.962. The second-order valence-corrected chi connectivity index (χ2v) is 20.9. The predicted molar refractivity (Wildman–Crippen MR) is 352 cm³/mol. The maximum Gasteiger partial charge on any atom is 0.306 e. The molecule has 0 amide bonds. The van der Waals surface area contributed by atoms with E-state index in [1.54, 1.807) is 0 Å². The molecule has 0 heterocycles. The van der Waals surface area contributed by atoms with Gasteiger partial charge in [0.15, 0.2) is 6.10 Å². The van der Waals surface area contributed by atoms with Crippen LogP contribution in [0.5, 0.6) is 0 Å². The Morgan fingerprint density at radius 2 is 0.481 bits per heavy atom. The van der Waals surface area contributed by atoms with Crippen molar-refractivity contribution in [2.24, 2.45) is 0 Å². The Hall–Kier alpha value is -5.23. The Balaban J connectivity index is 4.49. The summed E-state index contributed by atoms with van der Waals surface area (Å²) in [4.78, 5) is 38.4. The van der Waals surface area contributed by atoms with E-state index in [0.717, 1.165) is 199 Å². The summed E-state index contributed by atoms with van der Waals surface area (Å²) >= 11 is 0. The third-order valence-corrected chi connectivity index (χ3v) is 13.2. The number of carbonyl (C=O) groups excluding carboxylic acids is 3. The fourth-order valence-corrected chi connectivity index (χ4v) is 8.36. The van der Waals surface area contributed by atoms with Crippen molar-refractivity contribution in [2.75, 3.05) is 13.2 Å². The summed E-state index contributed by atoms with van der Waals surface area (Å²) in [5.41, 5.74) is 0. The first-order valence-electron chi connectivity index (χ1n) is 32.6. The van der Waals surface area contributed by atoms with Gasteiger partial charge in [-0.15, -0.1) is 0 Å². The van der Waals surface area contributed by atoms with Crippen molar-refractivity contribution in [1.29, 1.82) is 0 Å². The smallest absolute Gasteiger partial charge is 0.306 e. The summed E-state index contributed by atoms with van der Waals surface area (Å²) in [6.07, 6.45) is 99.2. The van der Waals surface area contributed by atoms with Gasteiger partial charge in [0.2, 0.25) is 0 Å². The quantitative estimate of drug-likeness (QED) is 0.0261. The highest BCUT2D eigenvalue weighted by Gasteiger charge is 2.19. The molecule has 6 heteroatoms. The van der Waals surface area contributed by atoms with E-state index >= 15 is 0 Å². The molecule has 1 atom stereocenters. The van der Waals surface area contributed by atoms with Crippen molar-refractivity contribution in [3.63, 3.8) is 0 Å². The van der Waals surface area contributed by atoms with Gasteiger partial charge < -0.3 is 14.2 Å². The molecule has 6 nitrogen and oxygen atoms in total. The van der Waals surface area contributed by atoms with Crippen molar-refractivity contribution in [2.45, 2.75) is 271 Å². The van der Waals surface area contributed by atoms with Crippen LogP contribution in [0.1, 0.15) is 265 Å². The number of hydrogen-bond donors (Lipinski definition) is 0. The Morgan fingerprint density at radius 1 is 0.259 bits per heavy atom. The van der Waals surface area contributed by atoms with Crippen molar-refractivity contribution < 1.29 is 28.6 Å². The van der Waals surface area contributed by atoms with E-state index in [0.29, 0.717) is 19.3 Å². The third kappa shape index (κ3) is 65.5. The molecule has 0 aliphatic heterocycles. The number of unbranched alkanes of at least 4 members (excludes halogenated alkanes) is 18. The number of esters is 3. The van der Waals surface area contributed by atoms with E-state index in [9.17, 15) is 14.4 Å². The maximum atomic E-state index is 12.9. The molecule has 0 aromatic carbocycles. The molecule has 0 bridgehead atoms. The van der Waals surface area contributed by atoms with Crippen molar-refractivity contribution in [3.8, 4) is 0 Å². The fourth-order valence-electron chi connectivity index (χ4n) is 8.36. The van der Waals surface area contributed by atoms with Crippen molar-refractivity contribution in [1.82, 2.24) is 0 Å². The third-order valence-electron chi connectivity index (χ3n) is 13.2. The van der Waals surface area contributed by atoms with Crippen LogP contribution >= 0.6 is 0 Å². The van der Waals surface area contributed by atoms with Crippen molar-refractivity contribution >= 4 is 17.9 Å². The van der Waals surface area contributed by atoms with Crippen LogP contribution in [-0.2, 0) is 28.6 Å². The van der Waals surface area contributed by atoms with E-state index in [-0.39, 0.29) is 31.1 Å². The van der Waals surface area contributed by atoms with E-state index in [4.69, 9.17) is 14.2 Å². The summed E-state index contributed by atoms with van der Waals surface area (Å²) in [5, 5.41) is 0. The van der Waals surface area contributed by atoms with Gasteiger partial charge in [-0.2, -0.15) is 0 Å². The Kier molecular flexibility index (Phi) is 62.9. The lowest BCUT2D eigenvalue weighted by molar-refractivity contribution is -0.167. The van der Waals surface area contributed by atoms with Crippen LogP contribution < -0.4 is 0 Å². The SMILES string of the molecule is CC/C=C\C/C=C\C/C=C\C/C=C\C/C=C\C/C=C\C/C=C\CCCCCCCC(=O)OCC(COC(=O)CCCCCCC/C=C\C/C=C\CCCCC)OC(=O)CCCCCCC/C=C\C/C=C\C/C=C\C/C=C\C/C=C\CC. The summed E-state index contributed by atoms with van der Waals surface area (Å²) in [6, 6.07) is 0. The lowest BCUT2D eigenvalue weighted by Crippen LogP contribution is -2.30. The van der Waals surface area contributed by atoms with Gasteiger partial charge in [0, 0.05) is 19.3 Å². The number of rotatable bonds is 57. The highest BCUT2D eigenvalue weighted by atomic mass is 16.6. The normalized spacial score (nSPS) is 13.3. The highest BCUT2D eigenvalue weighted by molar-refractivity contribution is 5.71. The molecule has 1 unspecified atom stereocenters. The molecule has 0 aromatic rings. The standard InChI is InChI=1S/C75H118O6/c1-4-7-10-13-16-19-22-25-28-30-32-34-35-36-37-38-39-41-42-44-47-50-53-56-59-62-65-68-74(77)80-71-72(70-79-73(76)67-64-61-58-55-52-49-46-27-24-21-18-15-12-9-6-3)81-75(78)69-66-63-60-57-54-51-48-45-43-40-33-31-29-26-23-20-17-14-11-8-5-2/h7-8,10-11,16-21,25-29,32-34,36-37,39-41,44-48,72H,4-6,9,12-15,22-24,30-31,35,38,42-43,49-71H2,1-3H3/b10-7-,11-8-,19-16-,20-17-,21-18-,28-25-,29-26-,34-32-,37-36-,40-33-,41-39-,46-27-,47-44-,48-45-. The highest BCUT2D eigenvalue weighted by Crippen LogP contribution is 2.14. The van der Waals surface area contributed by atoms with E-state index < -0.39 is 6.10 Å². The van der Waals surface area contributed by atoms with Gasteiger partial charge in [-0.1, -0.05) is 262 Å². The second-order valence-electron chi connectivity index (χ2n) is 20.9.